The van der Waals surface area contributed by atoms with Crippen LogP contribution in [0.15, 0.2) is 18.2 Å². The summed E-state index contributed by atoms with van der Waals surface area (Å²) >= 11 is 6.34. The van der Waals surface area contributed by atoms with E-state index in [2.05, 4.69) is 28.1 Å². The highest BCUT2D eigenvalue weighted by Crippen LogP contribution is 2.37. The van der Waals surface area contributed by atoms with Crippen molar-refractivity contribution in [3.05, 3.63) is 23.2 Å². The molecule has 1 saturated carbocycles. The van der Waals surface area contributed by atoms with Crippen molar-refractivity contribution in [3.63, 3.8) is 0 Å². The second kappa shape index (κ2) is 5.45. The van der Waals surface area contributed by atoms with Gasteiger partial charge in [0.05, 0.1) is 16.4 Å². The lowest BCUT2D eigenvalue weighted by Gasteiger charge is -2.23. The van der Waals surface area contributed by atoms with E-state index in [1.165, 1.54) is 19.3 Å². The smallest absolute Gasteiger partial charge is 0.0786 e. The fourth-order valence-corrected chi connectivity index (χ4v) is 3.73. The molecule has 1 heterocycles. The zero-order valence-electron chi connectivity index (χ0n) is 12.6. The Bertz CT molecular complexity index is 485. The van der Waals surface area contributed by atoms with Gasteiger partial charge in [-0.1, -0.05) is 17.7 Å². The number of halogens is 1. The molecule has 1 aromatic rings. The molecule has 1 aliphatic heterocycles. The number of nitrogens with one attached hydrogen (secondary N) is 1. The van der Waals surface area contributed by atoms with Gasteiger partial charge >= 0.3 is 0 Å². The van der Waals surface area contributed by atoms with Gasteiger partial charge in [-0.25, -0.2) is 0 Å². The van der Waals surface area contributed by atoms with Crippen molar-refractivity contribution in [1.82, 2.24) is 4.90 Å². The number of benzene rings is 1. The lowest BCUT2D eigenvalue weighted by atomic mass is 10.1. The zero-order valence-corrected chi connectivity index (χ0v) is 13.3. The maximum atomic E-state index is 6.34. The fraction of sp³-hybridized carbons (Fsp3) is 0.625. The maximum absolute atomic E-state index is 6.34. The topological polar surface area (TPSA) is 18.5 Å². The number of likely N-dealkylation sites (tertiary alicyclic amines) is 1. The summed E-state index contributed by atoms with van der Waals surface area (Å²) < 4.78 is 0. The van der Waals surface area contributed by atoms with Gasteiger partial charge in [0.2, 0.25) is 0 Å². The summed E-state index contributed by atoms with van der Waals surface area (Å²) in [6.07, 6.45) is 3.99. The molecule has 110 valence electrons. The molecule has 2 fully saturated rings. The molecule has 0 aromatic heterocycles. The third kappa shape index (κ3) is 2.75. The average molecular weight is 294 g/mol. The van der Waals surface area contributed by atoms with Crippen LogP contribution in [0.3, 0.4) is 0 Å². The van der Waals surface area contributed by atoms with Crippen LogP contribution in [-0.2, 0) is 0 Å². The third-order valence-corrected chi connectivity index (χ3v) is 4.74. The Hall–Kier alpha value is -0.930. The van der Waals surface area contributed by atoms with E-state index in [0.717, 1.165) is 29.0 Å². The maximum Gasteiger partial charge on any atom is 0.0786 e. The summed E-state index contributed by atoms with van der Waals surface area (Å²) in [6, 6.07) is 8.19. The molecule has 1 N–H and O–H groups in total. The molecule has 0 amide bonds. The SMILES string of the molecule is CC1CC(Nc2cccc(Cl)c2N(C)C)CN1C1CC1. The molecule has 0 radical (unpaired) electrons. The Balaban J connectivity index is 1.73. The molecule has 3 rings (SSSR count). The molecule has 2 aliphatic rings. The van der Waals surface area contributed by atoms with Crippen molar-refractivity contribution >= 4 is 23.0 Å². The van der Waals surface area contributed by atoms with Crippen LogP contribution in [-0.4, -0.2) is 43.7 Å². The van der Waals surface area contributed by atoms with Crippen LogP contribution in [0.4, 0.5) is 11.4 Å². The van der Waals surface area contributed by atoms with Crippen molar-refractivity contribution < 1.29 is 0 Å². The van der Waals surface area contributed by atoms with Crippen LogP contribution in [0.25, 0.3) is 0 Å². The largest absolute Gasteiger partial charge is 0.379 e. The van der Waals surface area contributed by atoms with Crippen LogP contribution >= 0.6 is 11.6 Å². The van der Waals surface area contributed by atoms with Crippen LogP contribution in [0.5, 0.6) is 0 Å². The van der Waals surface area contributed by atoms with E-state index in [9.17, 15) is 0 Å². The first-order valence-corrected chi connectivity index (χ1v) is 7.92. The first-order chi connectivity index (χ1) is 9.56. The minimum atomic E-state index is 0.530. The Morgan fingerprint density at radius 3 is 2.70 bits per heavy atom. The summed E-state index contributed by atoms with van der Waals surface area (Å²) in [5.74, 6) is 0. The lowest BCUT2D eigenvalue weighted by Crippen LogP contribution is -2.31. The van der Waals surface area contributed by atoms with E-state index in [1.807, 2.05) is 26.2 Å². The highest BCUT2D eigenvalue weighted by atomic mass is 35.5. The normalized spacial score (nSPS) is 26.8. The van der Waals surface area contributed by atoms with E-state index >= 15 is 0 Å². The van der Waals surface area contributed by atoms with Crippen LogP contribution in [0, 0.1) is 0 Å². The number of hydrogen-bond acceptors (Lipinski definition) is 3. The Morgan fingerprint density at radius 1 is 1.30 bits per heavy atom. The van der Waals surface area contributed by atoms with Crippen molar-refractivity contribution in [2.75, 3.05) is 30.9 Å². The van der Waals surface area contributed by atoms with Crippen molar-refractivity contribution in [3.8, 4) is 0 Å². The molecule has 20 heavy (non-hydrogen) atoms. The first-order valence-electron chi connectivity index (χ1n) is 7.54. The molecule has 1 aliphatic carbocycles. The van der Waals surface area contributed by atoms with E-state index < -0.39 is 0 Å². The van der Waals surface area contributed by atoms with Gasteiger partial charge in [-0.2, -0.15) is 0 Å². The Kier molecular flexibility index (Phi) is 3.83. The molecular formula is C16H24ClN3. The van der Waals surface area contributed by atoms with Gasteiger partial charge in [-0.3, -0.25) is 4.90 Å². The highest BCUT2D eigenvalue weighted by Gasteiger charge is 2.38. The van der Waals surface area contributed by atoms with E-state index in [4.69, 9.17) is 11.6 Å². The summed E-state index contributed by atoms with van der Waals surface area (Å²) in [5, 5.41) is 4.52. The monoisotopic (exact) mass is 293 g/mol. The van der Waals surface area contributed by atoms with Crippen molar-refractivity contribution in [2.45, 2.75) is 44.3 Å². The quantitative estimate of drug-likeness (QED) is 0.917. The molecule has 3 nitrogen and oxygen atoms in total. The summed E-state index contributed by atoms with van der Waals surface area (Å²) in [4.78, 5) is 4.75. The van der Waals surface area contributed by atoms with Gasteiger partial charge in [-0.15, -0.1) is 0 Å². The van der Waals surface area contributed by atoms with Crippen molar-refractivity contribution in [2.24, 2.45) is 0 Å². The number of anilines is 2. The van der Waals surface area contributed by atoms with Crippen LogP contribution in [0.2, 0.25) is 5.02 Å². The number of para-hydroxylation sites is 1. The second-order valence-electron chi connectivity index (χ2n) is 6.38. The van der Waals surface area contributed by atoms with Crippen molar-refractivity contribution in [1.29, 1.82) is 0 Å². The third-order valence-electron chi connectivity index (χ3n) is 4.43. The molecule has 2 atom stereocenters. The Labute approximate surface area is 126 Å². The van der Waals surface area contributed by atoms with Crippen LogP contribution < -0.4 is 10.2 Å². The van der Waals surface area contributed by atoms with Gasteiger partial charge in [0, 0.05) is 38.8 Å². The first kappa shape index (κ1) is 14.0. The molecule has 1 aromatic carbocycles. The Morgan fingerprint density at radius 2 is 2.05 bits per heavy atom. The lowest BCUT2D eigenvalue weighted by molar-refractivity contribution is 0.257. The average Bonchev–Trinajstić information content (AvgIpc) is 3.14. The van der Waals surface area contributed by atoms with Gasteiger partial charge in [0.15, 0.2) is 0 Å². The molecule has 2 unspecified atom stereocenters. The summed E-state index contributed by atoms with van der Waals surface area (Å²) in [6.45, 7) is 3.51. The van der Waals surface area contributed by atoms with Gasteiger partial charge in [0.1, 0.15) is 0 Å². The molecular weight excluding hydrogens is 270 g/mol. The molecule has 4 heteroatoms. The predicted octanol–water partition coefficient (Wildman–Crippen LogP) is 3.44. The van der Waals surface area contributed by atoms with Crippen LogP contribution in [0.1, 0.15) is 26.2 Å². The van der Waals surface area contributed by atoms with Gasteiger partial charge in [0.25, 0.3) is 0 Å². The van der Waals surface area contributed by atoms with Gasteiger partial charge < -0.3 is 10.2 Å². The van der Waals surface area contributed by atoms with E-state index in [-0.39, 0.29) is 0 Å². The second-order valence-corrected chi connectivity index (χ2v) is 6.79. The number of rotatable bonds is 4. The molecule has 0 spiro atoms. The number of nitrogens with zero attached hydrogens (tertiary/aromatic N) is 2. The fourth-order valence-electron chi connectivity index (χ4n) is 3.38. The molecule has 1 saturated heterocycles. The van der Waals surface area contributed by atoms with E-state index in [0.29, 0.717) is 12.1 Å². The van der Waals surface area contributed by atoms with E-state index in [1.54, 1.807) is 0 Å². The molecule has 0 bridgehead atoms. The highest BCUT2D eigenvalue weighted by molar-refractivity contribution is 6.34. The summed E-state index contributed by atoms with van der Waals surface area (Å²) in [7, 11) is 4.08. The minimum absolute atomic E-state index is 0.530. The number of hydrogen-bond donors (Lipinski definition) is 1. The minimum Gasteiger partial charge on any atom is -0.379 e. The van der Waals surface area contributed by atoms with Gasteiger partial charge in [-0.05, 0) is 38.3 Å². The zero-order chi connectivity index (χ0) is 14.3. The standard InChI is InChI=1S/C16H24ClN3/c1-11-9-12(10-20(11)13-7-8-13)18-15-6-4-5-14(17)16(15)19(2)3/h4-6,11-13,18H,7-10H2,1-3H3. The summed E-state index contributed by atoms with van der Waals surface area (Å²) in [5.41, 5.74) is 2.24. The predicted molar refractivity (Wildman–Crippen MR) is 87.0 cm³/mol.